The summed E-state index contributed by atoms with van der Waals surface area (Å²) in [6.45, 7) is 5.13. The first-order valence-corrected chi connectivity index (χ1v) is 11.0. The van der Waals surface area contributed by atoms with Crippen LogP contribution in [0, 0.1) is 0 Å². The third-order valence-electron chi connectivity index (χ3n) is 6.23. The average Bonchev–Trinajstić information content (AvgIpc) is 3.28. The van der Waals surface area contributed by atoms with Gasteiger partial charge in [0.25, 0.3) is 5.91 Å². The molecule has 2 aromatic carbocycles. The van der Waals surface area contributed by atoms with Crippen molar-refractivity contribution in [1.29, 1.82) is 0 Å². The van der Waals surface area contributed by atoms with Gasteiger partial charge in [0.15, 0.2) is 0 Å². The molecule has 0 saturated heterocycles. The van der Waals surface area contributed by atoms with Crippen LogP contribution < -0.4 is 5.32 Å². The van der Waals surface area contributed by atoms with E-state index in [2.05, 4.69) is 16.4 Å². The Bertz CT molecular complexity index is 1150. The summed E-state index contributed by atoms with van der Waals surface area (Å²) in [7, 11) is 0. The molecule has 3 heterocycles. The minimum Gasteiger partial charge on any atom is -0.379 e. The van der Waals surface area contributed by atoms with Crippen molar-refractivity contribution in [2.24, 2.45) is 0 Å². The number of carbonyl (C=O) groups is 2. The zero-order valence-electron chi connectivity index (χ0n) is 17.9. The number of nitrogens with one attached hydrogen (secondary N) is 2. The molecule has 2 aliphatic heterocycles. The normalized spacial score (nSPS) is 19.5. The summed E-state index contributed by atoms with van der Waals surface area (Å²) in [5.74, 6) is -0.181. The molecule has 6 heteroatoms. The number of nitrogens with zero attached hydrogens (tertiary/aromatic N) is 1. The first-order valence-electron chi connectivity index (χ1n) is 11.0. The van der Waals surface area contributed by atoms with Crippen LogP contribution >= 0.6 is 0 Å². The van der Waals surface area contributed by atoms with E-state index in [1.165, 1.54) is 0 Å². The summed E-state index contributed by atoms with van der Waals surface area (Å²) in [6.07, 6.45) is 1.42. The van der Waals surface area contributed by atoms with E-state index in [-0.39, 0.29) is 24.0 Å². The fraction of sp³-hybridized carbons (Fsp3) is 0.360. The Hall–Kier alpha value is -3.12. The molecule has 2 aliphatic rings. The summed E-state index contributed by atoms with van der Waals surface area (Å²) in [6, 6.07) is 15.0. The number of aromatic amines is 1. The van der Waals surface area contributed by atoms with Crippen molar-refractivity contribution in [3.8, 4) is 0 Å². The predicted octanol–water partition coefficient (Wildman–Crippen LogP) is 3.57. The second-order valence-corrected chi connectivity index (χ2v) is 8.55. The van der Waals surface area contributed by atoms with E-state index in [9.17, 15) is 9.59 Å². The number of benzene rings is 2. The maximum atomic E-state index is 13.3. The highest BCUT2D eigenvalue weighted by molar-refractivity contribution is 6.03. The van der Waals surface area contributed by atoms with Gasteiger partial charge in [0.05, 0.1) is 12.1 Å². The minimum atomic E-state index is -0.539. The molecule has 0 bridgehead atoms. The molecular weight excluding hydrogens is 390 g/mol. The standard InChI is InChI=1S/C25H27N3O3/c1-15(2)31-13-7-12-26-24(29)21-14-19-16-8-5-6-11-20(16)27-22(19)23-17-9-3-4-10-18(17)25(30)28(21)23/h3-6,8-11,15,21,23,27H,7,12-14H2,1-2H3,(H,26,29)/t21-,23-/m0/s1. The Labute approximate surface area is 181 Å². The molecule has 160 valence electrons. The smallest absolute Gasteiger partial charge is 0.255 e. The lowest BCUT2D eigenvalue weighted by Crippen LogP contribution is -2.52. The van der Waals surface area contributed by atoms with Crippen LogP contribution in [0.5, 0.6) is 0 Å². The molecule has 0 saturated carbocycles. The van der Waals surface area contributed by atoms with Gasteiger partial charge >= 0.3 is 0 Å². The largest absolute Gasteiger partial charge is 0.379 e. The van der Waals surface area contributed by atoms with E-state index in [4.69, 9.17) is 4.74 Å². The molecule has 0 spiro atoms. The van der Waals surface area contributed by atoms with Gasteiger partial charge in [-0.3, -0.25) is 9.59 Å². The van der Waals surface area contributed by atoms with Crippen LogP contribution in [0.4, 0.5) is 0 Å². The van der Waals surface area contributed by atoms with Crippen molar-refractivity contribution in [3.05, 3.63) is 70.9 Å². The fourth-order valence-electron chi connectivity index (χ4n) is 4.86. The van der Waals surface area contributed by atoms with Crippen molar-refractivity contribution in [3.63, 3.8) is 0 Å². The number of para-hydroxylation sites is 1. The number of amides is 2. The molecule has 1 aromatic heterocycles. The SMILES string of the molecule is CC(C)OCCCNC(=O)[C@@H]1Cc2c([nH]c3ccccc23)[C@@H]2c3ccccc3C(=O)N21. The third kappa shape index (κ3) is 3.31. The number of hydrogen-bond acceptors (Lipinski definition) is 3. The molecule has 5 rings (SSSR count). The fourth-order valence-corrected chi connectivity index (χ4v) is 4.86. The molecule has 3 aromatic rings. The zero-order chi connectivity index (χ0) is 21.5. The number of hydrogen-bond donors (Lipinski definition) is 2. The van der Waals surface area contributed by atoms with Gasteiger partial charge in [-0.2, -0.15) is 0 Å². The maximum absolute atomic E-state index is 13.3. The summed E-state index contributed by atoms with van der Waals surface area (Å²) in [5.41, 5.74) is 4.83. The lowest BCUT2D eigenvalue weighted by molar-refractivity contribution is -0.126. The summed E-state index contributed by atoms with van der Waals surface area (Å²) in [4.78, 5) is 31.9. The Balaban J connectivity index is 1.48. The first-order chi connectivity index (χ1) is 15.1. The Morgan fingerprint density at radius 1 is 1.19 bits per heavy atom. The summed E-state index contributed by atoms with van der Waals surface area (Å²) in [5, 5.41) is 4.16. The number of carbonyl (C=O) groups excluding carboxylic acids is 2. The van der Waals surface area contributed by atoms with Crippen LogP contribution in [0.25, 0.3) is 10.9 Å². The topological polar surface area (TPSA) is 74.4 Å². The van der Waals surface area contributed by atoms with Crippen LogP contribution in [0.3, 0.4) is 0 Å². The quantitative estimate of drug-likeness (QED) is 0.602. The molecule has 0 radical (unpaired) electrons. The highest BCUT2D eigenvalue weighted by Gasteiger charge is 2.48. The average molecular weight is 418 g/mol. The van der Waals surface area contributed by atoms with E-state index in [0.29, 0.717) is 25.1 Å². The molecule has 31 heavy (non-hydrogen) atoms. The van der Waals surface area contributed by atoms with Gasteiger partial charge in [-0.1, -0.05) is 36.4 Å². The van der Waals surface area contributed by atoms with E-state index in [1.807, 2.05) is 56.3 Å². The monoisotopic (exact) mass is 417 g/mol. The molecule has 6 nitrogen and oxygen atoms in total. The van der Waals surface area contributed by atoms with Crippen LogP contribution in [0.1, 0.15) is 53.5 Å². The molecule has 2 amide bonds. The van der Waals surface area contributed by atoms with Gasteiger partial charge in [-0.25, -0.2) is 0 Å². The lowest BCUT2D eigenvalue weighted by Gasteiger charge is -2.37. The van der Waals surface area contributed by atoms with Crippen LogP contribution in [-0.2, 0) is 16.0 Å². The Morgan fingerprint density at radius 3 is 2.81 bits per heavy atom. The zero-order valence-corrected chi connectivity index (χ0v) is 17.9. The van der Waals surface area contributed by atoms with E-state index >= 15 is 0 Å². The molecule has 0 aliphatic carbocycles. The second-order valence-electron chi connectivity index (χ2n) is 8.55. The van der Waals surface area contributed by atoms with E-state index in [0.717, 1.165) is 34.1 Å². The van der Waals surface area contributed by atoms with Gasteiger partial charge in [0.2, 0.25) is 5.91 Å². The molecule has 2 N–H and O–H groups in total. The molecule has 0 unspecified atom stereocenters. The van der Waals surface area contributed by atoms with Crippen LogP contribution in [0.15, 0.2) is 48.5 Å². The Morgan fingerprint density at radius 2 is 1.97 bits per heavy atom. The summed E-state index contributed by atoms with van der Waals surface area (Å²) >= 11 is 0. The van der Waals surface area contributed by atoms with Crippen LogP contribution in [0.2, 0.25) is 0 Å². The van der Waals surface area contributed by atoms with Crippen molar-refractivity contribution in [2.45, 2.75) is 44.9 Å². The van der Waals surface area contributed by atoms with E-state index in [1.54, 1.807) is 4.90 Å². The summed E-state index contributed by atoms with van der Waals surface area (Å²) < 4.78 is 5.56. The number of ether oxygens (including phenoxy) is 1. The Kier molecular flexibility index (Phi) is 5.02. The highest BCUT2D eigenvalue weighted by Crippen LogP contribution is 2.46. The van der Waals surface area contributed by atoms with Gasteiger partial charge in [-0.15, -0.1) is 0 Å². The van der Waals surface area contributed by atoms with Crippen molar-refractivity contribution in [2.75, 3.05) is 13.2 Å². The molecular formula is C25H27N3O3. The van der Waals surface area contributed by atoms with Gasteiger partial charge in [0.1, 0.15) is 6.04 Å². The van der Waals surface area contributed by atoms with E-state index < -0.39 is 6.04 Å². The lowest BCUT2D eigenvalue weighted by atomic mass is 9.90. The number of H-pyrrole nitrogens is 1. The minimum absolute atomic E-state index is 0.0757. The van der Waals surface area contributed by atoms with Gasteiger partial charge in [0, 0.05) is 41.7 Å². The van der Waals surface area contributed by atoms with Gasteiger partial charge < -0.3 is 19.9 Å². The van der Waals surface area contributed by atoms with Crippen molar-refractivity contribution >= 4 is 22.7 Å². The highest BCUT2D eigenvalue weighted by atomic mass is 16.5. The van der Waals surface area contributed by atoms with Crippen LogP contribution in [-0.4, -0.2) is 47.0 Å². The number of aromatic nitrogens is 1. The number of rotatable bonds is 6. The maximum Gasteiger partial charge on any atom is 0.255 e. The van der Waals surface area contributed by atoms with Gasteiger partial charge in [-0.05, 0) is 43.5 Å². The molecule has 0 fully saturated rings. The number of fused-ring (bicyclic) bond motifs is 7. The second kappa shape index (κ2) is 7.85. The molecule has 2 atom stereocenters. The first kappa shape index (κ1) is 19.8. The van der Waals surface area contributed by atoms with Crippen molar-refractivity contribution < 1.29 is 14.3 Å². The van der Waals surface area contributed by atoms with Crippen molar-refractivity contribution in [1.82, 2.24) is 15.2 Å². The third-order valence-corrected chi connectivity index (χ3v) is 6.23. The predicted molar refractivity (Wildman–Crippen MR) is 119 cm³/mol.